The standard InChI is InChI=1S/C19H13F3N4O6/c1-31-10-6-4-9(5-7-10)26-13-12(15(28)24-17(26)30)18(16(29)23-13,19(20,21)22)25-14(27)11-3-2-8-32-11/h2-8H,1H3,(H,23,29)(H,25,27)(H,24,28,30)/t18-/m1/s1. The molecule has 0 radical (unpaired) electrons. The smallest absolute Gasteiger partial charge is 0.425 e. The monoisotopic (exact) mass is 450 g/mol. The van der Waals surface area contributed by atoms with Crippen molar-refractivity contribution in [3.05, 3.63) is 74.8 Å². The van der Waals surface area contributed by atoms with E-state index in [-0.39, 0.29) is 5.69 Å². The maximum Gasteiger partial charge on any atom is 0.425 e. The maximum absolute atomic E-state index is 14.3. The quantitative estimate of drug-likeness (QED) is 0.548. The summed E-state index contributed by atoms with van der Waals surface area (Å²) in [4.78, 5) is 51.9. The van der Waals surface area contributed by atoms with Gasteiger partial charge in [0.25, 0.3) is 22.9 Å². The van der Waals surface area contributed by atoms with E-state index < -0.39 is 51.9 Å². The molecule has 3 aromatic rings. The van der Waals surface area contributed by atoms with Crippen molar-refractivity contribution in [2.45, 2.75) is 11.7 Å². The number of nitrogens with one attached hydrogen (secondary N) is 3. The SMILES string of the molecule is COc1ccc(-n2c3c(c(=O)[nH]c2=O)[C@](NC(=O)c2ccco2)(C(F)(F)F)C(=O)N3)cc1. The Kier molecular flexibility index (Phi) is 4.68. The van der Waals surface area contributed by atoms with Gasteiger partial charge in [0.1, 0.15) is 17.1 Å². The van der Waals surface area contributed by atoms with Crippen LogP contribution in [0.5, 0.6) is 5.75 Å². The minimum absolute atomic E-state index is 0.0268. The third-order valence-electron chi connectivity index (χ3n) is 4.86. The fraction of sp³-hybridized carbons (Fsp3) is 0.158. The second-order valence-electron chi connectivity index (χ2n) is 6.65. The van der Waals surface area contributed by atoms with E-state index in [0.29, 0.717) is 10.3 Å². The van der Waals surface area contributed by atoms with Gasteiger partial charge in [0.05, 0.1) is 19.1 Å². The van der Waals surface area contributed by atoms with E-state index >= 15 is 0 Å². The summed E-state index contributed by atoms with van der Waals surface area (Å²) in [6, 6.07) is 7.85. The molecule has 0 bridgehead atoms. The number of furan rings is 1. The van der Waals surface area contributed by atoms with Gasteiger partial charge in [-0.25, -0.2) is 9.36 Å². The first-order valence-corrected chi connectivity index (χ1v) is 8.88. The van der Waals surface area contributed by atoms with Crippen molar-refractivity contribution in [2.24, 2.45) is 0 Å². The number of halogens is 3. The van der Waals surface area contributed by atoms with Crippen LogP contribution in [0.15, 0.2) is 56.7 Å². The molecule has 32 heavy (non-hydrogen) atoms. The zero-order valence-electron chi connectivity index (χ0n) is 16.1. The number of anilines is 1. The van der Waals surface area contributed by atoms with Crippen LogP contribution in [0.3, 0.4) is 0 Å². The van der Waals surface area contributed by atoms with Crippen molar-refractivity contribution >= 4 is 17.6 Å². The number of fused-ring (bicyclic) bond motifs is 1. The van der Waals surface area contributed by atoms with E-state index in [1.54, 1.807) is 10.3 Å². The molecule has 3 N–H and O–H groups in total. The number of rotatable bonds is 4. The lowest BCUT2D eigenvalue weighted by atomic mass is 9.91. The number of aromatic nitrogens is 2. The fourth-order valence-electron chi connectivity index (χ4n) is 3.40. The molecule has 1 atom stereocenters. The average molecular weight is 450 g/mol. The predicted molar refractivity (Wildman–Crippen MR) is 102 cm³/mol. The second kappa shape index (κ2) is 7.14. The molecule has 0 unspecified atom stereocenters. The van der Waals surface area contributed by atoms with Crippen LogP contribution in [0.25, 0.3) is 5.69 Å². The lowest BCUT2D eigenvalue weighted by Crippen LogP contribution is -2.62. The molecule has 1 aliphatic heterocycles. The lowest BCUT2D eigenvalue weighted by Gasteiger charge is -2.29. The van der Waals surface area contributed by atoms with Crippen LogP contribution in [0.4, 0.5) is 19.0 Å². The number of hydrogen-bond donors (Lipinski definition) is 3. The van der Waals surface area contributed by atoms with Gasteiger partial charge in [-0.1, -0.05) is 0 Å². The number of aromatic amines is 1. The number of hydrogen-bond acceptors (Lipinski definition) is 6. The number of nitrogens with zero attached hydrogens (tertiary/aromatic N) is 1. The van der Waals surface area contributed by atoms with E-state index in [0.717, 1.165) is 12.3 Å². The molecule has 1 aromatic carbocycles. The highest BCUT2D eigenvalue weighted by Gasteiger charge is 2.68. The van der Waals surface area contributed by atoms with Crippen LogP contribution >= 0.6 is 0 Å². The third kappa shape index (κ3) is 2.97. The number of benzene rings is 1. The Morgan fingerprint density at radius 3 is 2.41 bits per heavy atom. The Balaban J connectivity index is 1.97. The summed E-state index contributed by atoms with van der Waals surface area (Å²) in [6.07, 6.45) is -4.41. The molecule has 0 spiro atoms. The summed E-state index contributed by atoms with van der Waals surface area (Å²) >= 11 is 0. The first kappa shape index (κ1) is 21.0. The summed E-state index contributed by atoms with van der Waals surface area (Å²) < 4.78 is 53.4. The number of carbonyl (C=O) groups is 2. The van der Waals surface area contributed by atoms with Crippen LogP contribution in [0, 0.1) is 0 Å². The highest BCUT2D eigenvalue weighted by atomic mass is 19.4. The summed E-state index contributed by atoms with van der Waals surface area (Å²) in [5.74, 6) is -4.02. The van der Waals surface area contributed by atoms with E-state index in [1.165, 1.54) is 37.4 Å². The molecule has 2 aromatic heterocycles. The number of alkyl halides is 3. The van der Waals surface area contributed by atoms with Crippen molar-refractivity contribution in [1.82, 2.24) is 14.9 Å². The summed E-state index contributed by atoms with van der Waals surface area (Å²) in [6.45, 7) is 0. The van der Waals surface area contributed by atoms with Gasteiger partial charge in [-0.05, 0) is 36.4 Å². The second-order valence-corrected chi connectivity index (χ2v) is 6.65. The third-order valence-corrected chi connectivity index (χ3v) is 4.86. The fourth-order valence-corrected chi connectivity index (χ4v) is 3.40. The molecule has 0 saturated heterocycles. The molecular weight excluding hydrogens is 437 g/mol. The zero-order chi connectivity index (χ0) is 23.3. The Morgan fingerprint density at radius 2 is 1.84 bits per heavy atom. The zero-order valence-corrected chi connectivity index (χ0v) is 16.1. The van der Waals surface area contributed by atoms with E-state index in [4.69, 9.17) is 9.15 Å². The minimum atomic E-state index is -5.46. The van der Waals surface area contributed by atoms with Gasteiger partial charge < -0.3 is 19.8 Å². The van der Waals surface area contributed by atoms with Gasteiger partial charge >= 0.3 is 11.9 Å². The van der Waals surface area contributed by atoms with Gasteiger partial charge in [0.15, 0.2) is 5.76 Å². The molecule has 1 aliphatic rings. The van der Waals surface area contributed by atoms with Crippen LogP contribution in [-0.4, -0.2) is 34.7 Å². The number of amides is 2. The van der Waals surface area contributed by atoms with E-state index in [1.807, 2.05) is 5.32 Å². The molecule has 4 rings (SSSR count). The van der Waals surface area contributed by atoms with Crippen LogP contribution < -0.4 is 26.6 Å². The van der Waals surface area contributed by atoms with Crippen molar-refractivity contribution in [3.63, 3.8) is 0 Å². The number of H-pyrrole nitrogens is 1. The van der Waals surface area contributed by atoms with Gasteiger partial charge in [0.2, 0.25) is 0 Å². The van der Waals surface area contributed by atoms with Crippen LogP contribution in [0.2, 0.25) is 0 Å². The summed E-state index contributed by atoms with van der Waals surface area (Å²) in [7, 11) is 1.39. The van der Waals surface area contributed by atoms with Gasteiger partial charge in [0, 0.05) is 0 Å². The van der Waals surface area contributed by atoms with Crippen LogP contribution in [-0.2, 0) is 10.3 Å². The molecular formula is C19H13F3N4O6. The minimum Gasteiger partial charge on any atom is -0.497 e. The van der Waals surface area contributed by atoms with E-state index in [9.17, 15) is 32.3 Å². The van der Waals surface area contributed by atoms with Gasteiger partial charge in [-0.2, -0.15) is 13.2 Å². The van der Waals surface area contributed by atoms with Gasteiger partial charge in [-0.3, -0.25) is 19.4 Å². The Labute approximate surface area is 175 Å². The Bertz CT molecular complexity index is 1330. The molecule has 10 nitrogen and oxygen atoms in total. The topological polar surface area (TPSA) is 135 Å². The van der Waals surface area contributed by atoms with Crippen molar-refractivity contribution in [2.75, 3.05) is 12.4 Å². The number of ether oxygens (including phenoxy) is 1. The Hall–Kier alpha value is -4.29. The molecule has 3 heterocycles. The predicted octanol–water partition coefficient (Wildman–Crippen LogP) is 1.27. The largest absolute Gasteiger partial charge is 0.497 e. The molecule has 166 valence electrons. The molecule has 0 aliphatic carbocycles. The Morgan fingerprint density at radius 1 is 1.16 bits per heavy atom. The van der Waals surface area contributed by atoms with Crippen molar-refractivity contribution < 1.29 is 31.9 Å². The number of carbonyl (C=O) groups excluding carboxylic acids is 2. The van der Waals surface area contributed by atoms with Gasteiger partial charge in [-0.15, -0.1) is 0 Å². The van der Waals surface area contributed by atoms with Crippen LogP contribution in [0.1, 0.15) is 16.1 Å². The van der Waals surface area contributed by atoms with Crippen molar-refractivity contribution in [1.29, 1.82) is 0 Å². The molecule has 0 saturated carbocycles. The molecule has 13 heteroatoms. The normalized spacial score (nSPS) is 17.6. The first-order valence-electron chi connectivity index (χ1n) is 8.88. The average Bonchev–Trinajstić information content (AvgIpc) is 3.36. The first-order chi connectivity index (χ1) is 15.1. The summed E-state index contributed by atoms with van der Waals surface area (Å²) in [5, 5.41) is 3.50. The molecule has 0 fully saturated rings. The van der Waals surface area contributed by atoms with Crippen molar-refractivity contribution in [3.8, 4) is 11.4 Å². The number of methoxy groups -OCH3 is 1. The summed E-state index contributed by atoms with van der Waals surface area (Å²) in [5.41, 5.74) is -7.54. The maximum atomic E-state index is 14.3. The highest BCUT2D eigenvalue weighted by Crippen LogP contribution is 2.45. The lowest BCUT2D eigenvalue weighted by molar-refractivity contribution is -0.196. The molecule has 2 amide bonds. The van der Waals surface area contributed by atoms with E-state index in [2.05, 4.69) is 0 Å². The highest BCUT2D eigenvalue weighted by molar-refractivity contribution is 6.09.